The lowest BCUT2D eigenvalue weighted by molar-refractivity contribution is -0.147. The molecular weight excluding hydrogens is 284 g/mol. The Balaban J connectivity index is 1.95. The van der Waals surface area contributed by atoms with E-state index in [9.17, 15) is 9.59 Å². The number of rotatable bonds is 1. The summed E-state index contributed by atoms with van der Waals surface area (Å²) in [6.45, 7) is 9.28. The highest BCUT2D eigenvalue weighted by molar-refractivity contribution is 5.91. The molecule has 0 aromatic carbocycles. The Hall–Kier alpha value is -1.62. The van der Waals surface area contributed by atoms with E-state index in [1.54, 1.807) is 0 Å². The molecule has 0 bridgehead atoms. The van der Waals surface area contributed by atoms with E-state index in [4.69, 9.17) is 14.2 Å². The first-order valence-electron chi connectivity index (χ1n) is 7.72. The SMILES string of the molecule is C=C1C(=O)O[C@H]2C[C@@]3(C)O[C@@H]3CCC(C)=C[C@@H](OC(C)=O)[C@H]12. The molecule has 2 heterocycles. The first kappa shape index (κ1) is 15.3. The summed E-state index contributed by atoms with van der Waals surface area (Å²) < 4.78 is 16.8. The summed E-state index contributed by atoms with van der Waals surface area (Å²) >= 11 is 0. The Morgan fingerprint density at radius 1 is 1.50 bits per heavy atom. The Kier molecular flexibility index (Phi) is 3.63. The molecule has 0 amide bonds. The van der Waals surface area contributed by atoms with Crippen LogP contribution in [0.5, 0.6) is 0 Å². The van der Waals surface area contributed by atoms with Crippen molar-refractivity contribution in [3.05, 3.63) is 23.8 Å². The van der Waals surface area contributed by atoms with Crippen LogP contribution in [-0.2, 0) is 23.8 Å². The van der Waals surface area contributed by atoms with Gasteiger partial charge in [0.25, 0.3) is 0 Å². The van der Waals surface area contributed by atoms with Gasteiger partial charge in [-0.25, -0.2) is 4.79 Å². The predicted octanol–water partition coefficient (Wildman–Crippen LogP) is 2.30. The van der Waals surface area contributed by atoms with Crippen molar-refractivity contribution in [2.45, 2.75) is 63.9 Å². The minimum atomic E-state index is -0.514. The molecular formula is C17H22O5. The zero-order valence-corrected chi connectivity index (χ0v) is 13.3. The molecule has 5 atom stereocenters. The normalized spacial score (nSPS) is 41.0. The highest BCUT2D eigenvalue weighted by Crippen LogP contribution is 2.48. The van der Waals surface area contributed by atoms with Gasteiger partial charge in [-0.3, -0.25) is 4.79 Å². The zero-order chi connectivity index (χ0) is 16.1. The van der Waals surface area contributed by atoms with Crippen LogP contribution in [0, 0.1) is 5.92 Å². The van der Waals surface area contributed by atoms with E-state index in [-0.39, 0.29) is 29.7 Å². The molecule has 5 heteroatoms. The molecule has 2 fully saturated rings. The fourth-order valence-electron chi connectivity index (χ4n) is 3.58. The van der Waals surface area contributed by atoms with E-state index in [0.29, 0.717) is 12.0 Å². The fraction of sp³-hybridized carbons (Fsp3) is 0.647. The van der Waals surface area contributed by atoms with Crippen LogP contribution < -0.4 is 0 Å². The first-order valence-corrected chi connectivity index (χ1v) is 7.72. The van der Waals surface area contributed by atoms with Gasteiger partial charge in [-0.05, 0) is 32.8 Å². The molecule has 1 aliphatic carbocycles. The monoisotopic (exact) mass is 306 g/mol. The summed E-state index contributed by atoms with van der Waals surface area (Å²) in [6, 6.07) is 0. The maximum absolute atomic E-state index is 12.0. The summed E-state index contributed by atoms with van der Waals surface area (Å²) in [6.07, 6.45) is 3.68. The van der Waals surface area contributed by atoms with Gasteiger partial charge in [0.05, 0.1) is 17.6 Å². The van der Waals surface area contributed by atoms with Crippen molar-refractivity contribution in [3.8, 4) is 0 Å². The Labute approximate surface area is 130 Å². The molecule has 3 aliphatic rings. The fourth-order valence-corrected chi connectivity index (χ4v) is 3.58. The molecule has 22 heavy (non-hydrogen) atoms. The minimum absolute atomic E-state index is 0.203. The standard InChI is InChI=1S/C17H22O5/c1-9-5-6-14-17(4,22-14)8-13-15(10(2)16(19)21-13)12(7-9)20-11(3)18/h7,12-15H,2,5-6,8H2,1,3-4H3/t12-,13+,14-,15+,17-/m1/s1. The third-order valence-corrected chi connectivity index (χ3v) is 4.87. The van der Waals surface area contributed by atoms with Gasteiger partial charge in [-0.2, -0.15) is 0 Å². The van der Waals surface area contributed by atoms with E-state index < -0.39 is 12.1 Å². The highest BCUT2D eigenvalue weighted by atomic mass is 16.6. The summed E-state index contributed by atoms with van der Waals surface area (Å²) in [7, 11) is 0. The lowest BCUT2D eigenvalue weighted by atomic mass is 9.83. The molecule has 0 N–H and O–H groups in total. The number of epoxide rings is 1. The van der Waals surface area contributed by atoms with Gasteiger partial charge in [-0.1, -0.05) is 12.2 Å². The Morgan fingerprint density at radius 2 is 2.23 bits per heavy atom. The van der Waals surface area contributed by atoms with Gasteiger partial charge in [0, 0.05) is 18.9 Å². The summed E-state index contributed by atoms with van der Waals surface area (Å²) in [4.78, 5) is 23.4. The van der Waals surface area contributed by atoms with Crippen molar-refractivity contribution in [1.29, 1.82) is 0 Å². The first-order chi connectivity index (χ1) is 10.3. The molecule has 0 saturated carbocycles. The van der Waals surface area contributed by atoms with Crippen molar-refractivity contribution in [2.24, 2.45) is 5.92 Å². The Bertz CT molecular complexity index is 563. The topological polar surface area (TPSA) is 65.1 Å². The third kappa shape index (κ3) is 2.70. The molecule has 2 saturated heterocycles. The van der Waals surface area contributed by atoms with Crippen molar-refractivity contribution in [1.82, 2.24) is 0 Å². The number of esters is 2. The number of carbonyl (C=O) groups excluding carboxylic acids is 2. The van der Waals surface area contributed by atoms with Crippen molar-refractivity contribution in [3.63, 3.8) is 0 Å². The lowest BCUT2D eigenvalue weighted by Crippen LogP contribution is -2.35. The van der Waals surface area contributed by atoms with Crippen LogP contribution in [0.3, 0.4) is 0 Å². The average molecular weight is 306 g/mol. The summed E-state index contributed by atoms with van der Waals surface area (Å²) in [5.41, 5.74) is 1.24. The summed E-state index contributed by atoms with van der Waals surface area (Å²) in [5.74, 6) is -1.12. The van der Waals surface area contributed by atoms with Gasteiger partial charge >= 0.3 is 11.9 Å². The van der Waals surface area contributed by atoms with Crippen LogP contribution >= 0.6 is 0 Å². The number of hydrogen-bond donors (Lipinski definition) is 0. The number of hydrogen-bond acceptors (Lipinski definition) is 5. The number of fused-ring (bicyclic) bond motifs is 2. The number of carbonyl (C=O) groups is 2. The van der Waals surface area contributed by atoms with Gasteiger partial charge < -0.3 is 14.2 Å². The smallest absolute Gasteiger partial charge is 0.334 e. The molecule has 3 rings (SSSR count). The molecule has 0 spiro atoms. The van der Waals surface area contributed by atoms with Gasteiger partial charge in [-0.15, -0.1) is 0 Å². The van der Waals surface area contributed by atoms with E-state index in [2.05, 4.69) is 6.58 Å². The van der Waals surface area contributed by atoms with Gasteiger partial charge in [0.1, 0.15) is 12.2 Å². The molecule has 0 aromatic rings. The van der Waals surface area contributed by atoms with Crippen molar-refractivity contribution >= 4 is 11.9 Å². The van der Waals surface area contributed by atoms with Crippen molar-refractivity contribution in [2.75, 3.05) is 0 Å². The third-order valence-electron chi connectivity index (χ3n) is 4.87. The minimum Gasteiger partial charge on any atom is -0.458 e. The van der Waals surface area contributed by atoms with E-state index in [1.807, 2.05) is 19.9 Å². The Morgan fingerprint density at radius 3 is 2.91 bits per heavy atom. The highest BCUT2D eigenvalue weighted by Gasteiger charge is 2.57. The van der Waals surface area contributed by atoms with Crippen LogP contribution in [0.25, 0.3) is 0 Å². The van der Waals surface area contributed by atoms with Crippen LogP contribution in [0.2, 0.25) is 0 Å². The van der Waals surface area contributed by atoms with Gasteiger partial charge in [0.2, 0.25) is 0 Å². The second-order valence-electron chi connectivity index (χ2n) is 6.74. The molecule has 0 aromatic heterocycles. The average Bonchev–Trinajstić information content (AvgIpc) is 2.96. The number of ether oxygens (including phenoxy) is 3. The lowest BCUT2D eigenvalue weighted by Gasteiger charge is -2.27. The molecule has 2 aliphatic heterocycles. The molecule has 120 valence electrons. The maximum Gasteiger partial charge on any atom is 0.334 e. The van der Waals surface area contributed by atoms with Crippen molar-refractivity contribution < 1.29 is 23.8 Å². The molecule has 0 radical (unpaired) electrons. The largest absolute Gasteiger partial charge is 0.458 e. The second kappa shape index (κ2) is 5.23. The van der Waals surface area contributed by atoms with Crippen LogP contribution in [0.15, 0.2) is 23.8 Å². The molecule has 5 nitrogen and oxygen atoms in total. The zero-order valence-electron chi connectivity index (χ0n) is 13.3. The maximum atomic E-state index is 12.0. The molecule has 0 unspecified atom stereocenters. The van der Waals surface area contributed by atoms with E-state index in [1.165, 1.54) is 6.92 Å². The van der Waals surface area contributed by atoms with Crippen LogP contribution in [0.4, 0.5) is 0 Å². The quantitative estimate of drug-likeness (QED) is 0.322. The van der Waals surface area contributed by atoms with Crippen LogP contribution in [-0.4, -0.2) is 35.9 Å². The summed E-state index contributed by atoms with van der Waals surface area (Å²) in [5, 5.41) is 0. The predicted molar refractivity (Wildman–Crippen MR) is 79.0 cm³/mol. The van der Waals surface area contributed by atoms with E-state index >= 15 is 0 Å². The van der Waals surface area contributed by atoms with Gasteiger partial charge in [0.15, 0.2) is 0 Å². The number of allylic oxidation sites excluding steroid dienone is 1. The van der Waals surface area contributed by atoms with Crippen LogP contribution in [0.1, 0.15) is 40.0 Å². The second-order valence-corrected chi connectivity index (χ2v) is 6.74. The van der Waals surface area contributed by atoms with E-state index in [0.717, 1.165) is 18.4 Å².